The second-order valence-corrected chi connectivity index (χ2v) is 8.45. The molecule has 1 unspecified atom stereocenters. The molecule has 0 aliphatic carbocycles. The Hall–Kier alpha value is -3.19. The van der Waals surface area contributed by atoms with E-state index in [0.29, 0.717) is 35.5 Å². The number of hydrogen-bond donors (Lipinski definition) is 1. The number of aliphatic hydroxyl groups excluding tert-OH is 1. The zero-order valence-corrected chi connectivity index (χ0v) is 19.6. The summed E-state index contributed by atoms with van der Waals surface area (Å²) < 4.78 is 24.2. The van der Waals surface area contributed by atoms with E-state index < -0.39 is 23.5 Å². The lowest BCUT2D eigenvalue weighted by atomic mass is 9.91. The number of Topliss-reactive ketones (excluding diaryl/α,β-unsaturated/α-hetero) is 1. The van der Waals surface area contributed by atoms with Gasteiger partial charge in [0.2, 0.25) is 0 Å². The Bertz CT molecular complexity index is 1070. The highest BCUT2D eigenvalue weighted by Crippen LogP contribution is 2.41. The molecular weight excluding hydrogens is 425 g/mol. The third-order valence-corrected chi connectivity index (χ3v) is 5.93. The Morgan fingerprint density at radius 2 is 1.82 bits per heavy atom. The van der Waals surface area contributed by atoms with Gasteiger partial charge in [0, 0.05) is 25.8 Å². The van der Waals surface area contributed by atoms with Crippen LogP contribution in [0.4, 0.5) is 4.39 Å². The third kappa shape index (κ3) is 4.78. The summed E-state index contributed by atoms with van der Waals surface area (Å²) in [6.45, 7) is 6.49. The third-order valence-electron chi connectivity index (χ3n) is 5.93. The van der Waals surface area contributed by atoms with Crippen molar-refractivity contribution in [3.63, 3.8) is 0 Å². The van der Waals surface area contributed by atoms with Crippen LogP contribution in [0, 0.1) is 12.7 Å². The molecule has 2 aromatic rings. The molecule has 3 rings (SSSR count). The van der Waals surface area contributed by atoms with Crippen LogP contribution in [0.25, 0.3) is 5.76 Å². The van der Waals surface area contributed by atoms with Gasteiger partial charge in [0.15, 0.2) is 0 Å². The van der Waals surface area contributed by atoms with Gasteiger partial charge in [-0.25, -0.2) is 4.39 Å². The van der Waals surface area contributed by atoms with E-state index in [1.807, 2.05) is 26.8 Å². The van der Waals surface area contributed by atoms with Crippen molar-refractivity contribution in [2.45, 2.75) is 39.2 Å². The maximum atomic E-state index is 13.6. The molecule has 176 valence electrons. The number of aryl methyl sites for hydroxylation is 1. The second kappa shape index (κ2) is 10.2. The van der Waals surface area contributed by atoms with E-state index in [1.165, 1.54) is 29.2 Å². The smallest absolute Gasteiger partial charge is 0.295 e. The second-order valence-electron chi connectivity index (χ2n) is 8.45. The minimum atomic E-state index is -0.827. The van der Waals surface area contributed by atoms with Gasteiger partial charge < -0.3 is 19.5 Å². The number of rotatable bonds is 8. The van der Waals surface area contributed by atoms with Gasteiger partial charge in [-0.2, -0.15) is 0 Å². The van der Waals surface area contributed by atoms with E-state index in [2.05, 4.69) is 0 Å². The molecule has 1 N–H and O–H groups in total. The zero-order valence-electron chi connectivity index (χ0n) is 19.6. The fourth-order valence-electron chi connectivity index (χ4n) is 4.21. The molecule has 1 amide bonds. The first-order valence-electron chi connectivity index (χ1n) is 10.9. The number of methoxy groups -OCH3 is 2. The van der Waals surface area contributed by atoms with Gasteiger partial charge in [-0.3, -0.25) is 9.59 Å². The van der Waals surface area contributed by atoms with E-state index in [1.54, 1.807) is 20.3 Å². The van der Waals surface area contributed by atoms with Gasteiger partial charge >= 0.3 is 0 Å². The number of hydrogen-bond acceptors (Lipinski definition) is 5. The monoisotopic (exact) mass is 455 g/mol. The van der Waals surface area contributed by atoms with Gasteiger partial charge in [-0.05, 0) is 60.2 Å². The number of ether oxygens (including phenoxy) is 2. The van der Waals surface area contributed by atoms with Crippen molar-refractivity contribution in [3.8, 4) is 5.75 Å². The first kappa shape index (κ1) is 24.5. The van der Waals surface area contributed by atoms with E-state index >= 15 is 0 Å². The fraction of sp³-hybridized carbons (Fsp3) is 0.385. The van der Waals surface area contributed by atoms with Crippen molar-refractivity contribution >= 4 is 17.4 Å². The van der Waals surface area contributed by atoms with Crippen molar-refractivity contribution < 1.29 is 28.6 Å². The van der Waals surface area contributed by atoms with E-state index in [0.717, 1.165) is 5.56 Å². The average molecular weight is 456 g/mol. The van der Waals surface area contributed by atoms with E-state index in [-0.39, 0.29) is 23.8 Å². The summed E-state index contributed by atoms with van der Waals surface area (Å²) in [5.74, 6) is -1.34. The summed E-state index contributed by atoms with van der Waals surface area (Å²) >= 11 is 0. The van der Waals surface area contributed by atoms with Gasteiger partial charge in [-0.15, -0.1) is 0 Å². The molecule has 1 aliphatic rings. The minimum absolute atomic E-state index is 0.00741. The topological polar surface area (TPSA) is 76.1 Å². The molecule has 1 heterocycles. The number of amides is 1. The highest BCUT2D eigenvalue weighted by molar-refractivity contribution is 6.46. The van der Waals surface area contributed by atoms with Gasteiger partial charge in [-0.1, -0.05) is 26.0 Å². The Labute approximate surface area is 193 Å². The van der Waals surface area contributed by atoms with Crippen LogP contribution in [-0.2, 0) is 14.3 Å². The van der Waals surface area contributed by atoms with Crippen LogP contribution in [0.5, 0.6) is 5.75 Å². The molecule has 0 bridgehead atoms. The molecule has 6 nitrogen and oxygen atoms in total. The zero-order chi connectivity index (χ0) is 24.3. The molecule has 33 heavy (non-hydrogen) atoms. The summed E-state index contributed by atoms with van der Waals surface area (Å²) in [4.78, 5) is 27.5. The van der Waals surface area contributed by atoms with E-state index in [9.17, 15) is 19.1 Å². The predicted octanol–water partition coefficient (Wildman–Crippen LogP) is 4.72. The molecule has 1 saturated heterocycles. The fourth-order valence-corrected chi connectivity index (χ4v) is 4.21. The summed E-state index contributed by atoms with van der Waals surface area (Å²) in [5, 5.41) is 11.4. The molecule has 0 radical (unpaired) electrons. The maximum Gasteiger partial charge on any atom is 0.295 e. The van der Waals surface area contributed by atoms with Gasteiger partial charge in [0.05, 0.1) is 18.7 Å². The number of ketones is 1. The van der Waals surface area contributed by atoms with Crippen molar-refractivity contribution in [3.05, 3.63) is 70.0 Å². The molecule has 0 aromatic heterocycles. The van der Waals surface area contributed by atoms with Crippen LogP contribution >= 0.6 is 0 Å². The van der Waals surface area contributed by atoms with Crippen LogP contribution in [0.1, 0.15) is 54.5 Å². The Kier molecular flexibility index (Phi) is 7.53. The summed E-state index contributed by atoms with van der Waals surface area (Å²) in [6.07, 6.45) is 0.514. The van der Waals surface area contributed by atoms with Crippen LogP contribution in [0.2, 0.25) is 0 Å². The van der Waals surface area contributed by atoms with Gasteiger partial charge in [0.1, 0.15) is 17.3 Å². The van der Waals surface area contributed by atoms with Crippen molar-refractivity contribution in [1.29, 1.82) is 0 Å². The highest BCUT2D eigenvalue weighted by atomic mass is 19.1. The molecule has 2 aromatic carbocycles. The number of nitrogens with zero attached hydrogens (tertiary/aromatic N) is 1. The number of carbonyl (C=O) groups is 2. The predicted molar refractivity (Wildman–Crippen MR) is 124 cm³/mol. The quantitative estimate of drug-likeness (QED) is 0.270. The maximum absolute atomic E-state index is 13.6. The molecule has 0 saturated carbocycles. The molecule has 0 spiro atoms. The van der Waals surface area contributed by atoms with Crippen LogP contribution in [0.3, 0.4) is 0 Å². The first-order valence-corrected chi connectivity index (χ1v) is 10.9. The molecule has 1 atom stereocenters. The number of aliphatic hydroxyl groups is 1. The Morgan fingerprint density at radius 1 is 1.15 bits per heavy atom. The summed E-state index contributed by atoms with van der Waals surface area (Å²) in [5.41, 5.74) is 2.58. The van der Waals surface area contributed by atoms with Crippen molar-refractivity contribution in [2.75, 3.05) is 27.4 Å². The molecule has 7 heteroatoms. The molecular formula is C26H30FNO5. The van der Waals surface area contributed by atoms with Gasteiger partial charge in [0.25, 0.3) is 11.7 Å². The molecule has 1 fully saturated rings. The van der Waals surface area contributed by atoms with Crippen molar-refractivity contribution in [1.82, 2.24) is 4.90 Å². The van der Waals surface area contributed by atoms with Crippen LogP contribution < -0.4 is 4.74 Å². The van der Waals surface area contributed by atoms with Crippen LogP contribution in [-0.4, -0.2) is 49.1 Å². The largest absolute Gasteiger partial charge is 0.507 e. The van der Waals surface area contributed by atoms with Crippen LogP contribution in [0.15, 0.2) is 42.0 Å². The average Bonchev–Trinajstić information content (AvgIpc) is 3.04. The molecule has 1 aliphatic heterocycles. The normalized spacial score (nSPS) is 17.8. The lowest BCUT2D eigenvalue weighted by Crippen LogP contribution is -2.31. The standard InChI is InChI=1S/C26H30FNO5/c1-15(2)19-14-20(16(3)13-21(19)33-5)24(29)22-23(17-7-9-18(27)10-8-17)28(11-6-12-32-4)26(31)25(22)30/h7-10,13-15,23,29H,6,11-12H2,1-5H3/b24-22+. The van der Waals surface area contributed by atoms with E-state index in [4.69, 9.17) is 9.47 Å². The number of carbonyl (C=O) groups excluding carboxylic acids is 2. The Balaban J connectivity index is 2.20. The Morgan fingerprint density at radius 3 is 2.39 bits per heavy atom. The number of halogens is 1. The minimum Gasteiger partial charge on any atom is -0.507 e. The first-order chi connectivity index (χ1) is 15.7. The lowest BCUT2D eigenvalue weighted by Gasteiger charge is -2.25. The lowest BCUT2D eigenvalue weighted by molar-refractivity contribution is -0.140. The van der Waals surface area contributed by atoms with Crippen molar-refractivity contribution in [2.24, 2.45) is 0 Å². The highest BCUT2D eigenvalue weighted by Gasteiger charge is 2.46. The SMILES string of the molecule is COCCCN1C(=O)C(=O)/C(=C(/O)c2cc(C(C)C)c(OC)cc2C)C1c1ccc(F)cc1. The number of likely N-dealkylation sites (tertiary alicyclic amines) is 1. The summed E-state index contributed by atoms with van der Waals surface area (Å²) in [7, 11) is 3.14. The number of benzene rings is 2. The summed E-state index contributed by atoms with van der Waals surface area (Å²) in [6, 6.07) is 8.40.